The predicted molar refractivity (Wildman–Crippen MR) is 46.7 cm³/mol. The standard InChI is InChI=1S/C9H17NO.U/c1-4-5-6-7-9(2)10(3)8-11;/h9H,2,4-7H2,1,3H3;/q-2;+2/t9-;/m1./s1. The first kappa shape index (κ1) is 15.0. The van der Waals surface area contributed by atoms with Crippen LogP contribution in [0.25, 0.3) is 0 Å². The maximum absolute atomic E-state index is 10.1. The third-order valence-corrected chi connectivity index (χ3v) is 1.83. The Morgan fingerprint density at radius 2 is 2.08 bits per heavy atom. The number of nitrogens with zero attached hydrogens (tertiary/aromatic N) is 1. The Hall–Kier alpha value is 0.522. The first-order chi connectivity index (χ1) is 5.22. The molecule has 0 saturated carbocycles. The minimum absolute atomic E-state index is 0. The Balaban J connectivity index is 0. The van der Waals surface area contributed by atoms with E-state index in [1.54, 1.807) is 7.05 Å². The fourth-order valence-corrected chi connectivity index (χ4v) is 0.898. The third kappa shape index (κ3) is 7.19. The Labute approximate surface area is 99.5 Å². The molecule has 0 aromatic carbocycles. The molecular formula is C9H17NOU. The van der Waals surface area contributed by atoms with Crippen LogP contribution in [0.1, 0.15) is 32.6 Å². The van der Waals surface area contributed by atoms with E-state index in [0.29, 0.717) is 0 Å². The molecule has 68 valence electrons. The van der Waals surface area contributed by atoms with Gasteiger partial charge in [0.25, 0.3) is 0 Å². The van der Waals surface area contributed by atoms with Crippen molar-refractivity contribution in [2.75, 3.05) is 7.05 Å². The smallest absolute Gasteiger partial charge is 0.542 e. The molecule has 0 radical (unpaired) electrons. The second-order valence-electron chi connectivity index (χ2n) is 2.85. The Morgan fingerprint density at radius 1 is 1.50 bits per heavy atom. The molecular weight excluding hydrogens is 376 g/mol. The second-order valence-corrected chi connectivity index (χ2v) is 2.85. The summed E-state index contributed by atoms with van der Waals surface area (Å²) >= 11 is 0. The van der Waals surface area contributed by atoms with Gasteiger partial charge in [0, 0.05) is 0 Å². The van der Waals surface area contributed by atoms with Gasteiger partial charge in [-0.1, -0.05) is 32.6 Å². The van der Waals surface area contributed by atoms with Crippen LogP contribution in [0.15, 0.2) is 0 Å². The topological polar surface area (TPSA) is 20.3 Å². The summed E-state index contributed by atoms with van der Waals surface area (Å²) in [6, 6.07) is 0.0963. The second kappa shape index (κ2) is 9.61. The summed E-state index contributed by atoms with van der Waals surface area (Å²) in [5, 5.41) is 0. The molecule has 0 fully saturated rings. The van der Waals surface area contributed by atoms with Crippen molar-refractivity contribution in [1.82, 2.24) is 4.90 Å². The number of hydrogen-bond donors (Lipinski definition) is 0. The van der Waals surface area contributed by atoms with Gasteiger partial charge in [0.2, 0.25) is 0 Å². The summed E-state index contributed by atoms with van der Waals surface area (Å²) in [4.78, 5) is 11.6. The quantitative estimate of drug-likeness (QED) is 0.383. The molecule has 0 heterocycles. The van der Waals surface area contributed by atoms with E-state index in [9.17, 15) is 4.79 Å². The van der Waals surface area contributed by atoms with Crippen LogP contribution in [0.2, 0.25) is 0 Å². The summed E-state index contributed by atoms with van der Waals surface area (Å²) in [5.41, 5.74) is 0. The minimum atomic E-state index is 0. The van der Waals surface area contributed by atoms with Crippen LogP contribution >= 0.6 is 0 Å². The van der Waals surface area contributed by atoms with Crippen molar-refractivity contribution >= 4 is 6.41 Å². The number of carbonyl (C=O) groups excluding carboxylic acids is 1. The molecule has 0 N–H and O–H groups in total. The van der Waals surface area contributed by atoms with Gasteiger partial charge in [-0.15, -0.1) is 6.04 Å². The molecule has 0 aliphatic heterocycles. The van der Waals surface area contributed by atoms with Crippen molar-refractivity contribution in [3.8, 4) is 0 Å². The number of unbranched alkanes of at least 4 members (excludes halogenated alkanes) is 2. The molecule has 0 aromatic rings. The van der Waals surface area contributed by atoms with E-state index < -0.39 is 0 Å². The first-order valence-electron chi connectivity index (χ1n) is 4.16. The maximum atomic E-state index is 10.1. The molecule has 0 rings (SSSR count). The first-order valence-corrected chi connectivity index (χ1v) is 4.16. The Morgan fingerprint density at radius 3 is 2.50 bits per heavy atom. The molecule has 0 spiro atoms. The van der Waals surface area contributed by atoms with E-state index in [1.165, 1.54) is 17.7 Å². The van der Waals surface area contributed by atoms with E-state index in [0.717, 1.165) is 12.8 Å². The van der Waals surface area contributed by atoms with E-state index in [2.05, 4.69) is 13.8 Å². The van der Waals surface area contributed by atoms with Gasteiger partial charge in [0.05, 0.1) is 0 Å². The summed E-state index contributed by atoms with van der Waals surface area (Å²) < 4.78 is 0. The van der Waals surface area contributed by atoms with Gasteiger partial charge in [0.15, 0.2) is 0 Å². The van der Waals surface area contributed by atoms with Crippen LogP contribution in [0, 0.1) is 38.0 Å². The monoisotopic (exact) mass is 393 g/mol. The van der Waals surface area contributed by atoms with Crippen molar-refractivity contribution in [2.24, 2.45) is 0 Å². The molecule has 0 saturated heterocycles. The largest absolute Gasteiger partial charge is 2.00 e. The van der Waals surface area contributed by atoms with E-state index in [1.807, 2.05) is 6.41 Å². The van der Waals surface area contributed by atoms with Crippen LogP contribution in [0.5, 0.6) is 0 Å². The normalized spacial score (nSPS) is 11.6. The van der Waals surface area contributed by atoms with Gasteiger partial charge in [0.1, 0.15) is 0 Å². The van der Waals surface area contributed by atoms with Crippen LogP contribution in [0.4, 0.5) is 0 Å². The summed E-state index contributed by atoms with van der Waals surface area (Å²) in [6.45, 7) is 6.00. The number of amides is 1. The minimum Gasteiger partial charge on any atom is -0.542 e. The average Bonchev–Trinajstić information content (AvgIpc) is 2.03. The van der Waals surface area contributed by atoms with Gasteiger partial charge >= 0.3 is 31.1 Å². The van der Waals surface area contributed by atoms with Gasteiger partial charge in [-0.2, -0.15) is 6.41 Å². The van der Waals surface area contributed by atoms with Crippen LogP contribution in [0.3, 0.4) is 0 Å². The summed E-state index contributed by atoms with van der Waals surface area (Å²) in [6.07, 6.45) is 6.38. The van der Waals surface area contributed by atoms with Crippen molar-refractivity contribution < 1.29 is 35.9 Å². The van der Waals surface area contributed by atoms with E-state index >= 15 is 0 Å². The molecule has 0 aromatic heterocycles. The molecule has 1 amide bonds. The molecule has 0 aliphatic carbocycles. The summed E-state index contributed by atoms with van der Waals surface area (Å²) in [5.74, 6) is 0. The fourth-order valence-electron chi connectivity index (χ4n) is 0.898. The maximum Gasteiger partial charge on any atom is 2.00 e. The molecule has 2 nitrogen and oxygen atoms in total. The molecule has 1 atom stereocenters. The third-order valence-electron chi connectivity index (χ3n) is 1.83. The average molecular weight is 393 g/mol. The molecule has 3 heteroatoms. The Kier molecular flexibility index (Phi) is 12.0. The predicted octanol–water partition coefficient (Wildman–Crippen LogP) is 1.77. The fraction of sp³-hybridized carbons (Fsp3) is 0.778. The van der Waals surface area contributed by atoms with Crippen molar-refractivity contribution in [3.05, 3.63) is 6.92 Å². The van der Waals surface area contributed by atoms with Crippen LogP contribution in [-0.4, -0.2) is 24.4 Å². The van der Waals surface area contributed by atoms with Crippen molar-refractivity contribution in [3.63, 3.8) is 0 Å². The molecule has 0 bridgehead atoms. The SMILES string of the molecule is [CH2-][C@H](CCCCC)N(C)[C-]=O.[U+2]. The zero-order chi connectivity index (χ0) is 8.69. The summed E-state index contributed by atoms with van der Waals surface area (Å²) in [7, 11) is 1.72. The van der Waals surface area contributed by atoms with Crippen LogP contribution < -0.4 is 0 Å². The zero-order valence-electron chi connectivity index (χ0n) is 7.97. The van der Waals surface area contributed by atoms with Gasteiger partial charge in [-0.05, 0) is 7.05 Å². The van der Waals surface area contributed by atoms with Crippen molar-refractivity contribution in [1.29, 1.82) is 0 Å². The molecule has 0 aliphatic rings. The molecule has 0 unspecified atom stereocenters. The molecule has 12 heavy (non-hydrogen) atoms. The van der Waals surface area contributed by atoms with Gasteiger partial charge in [-0.25, -0.2) is 0 Å². The number of hydrogen-bond acceptors (Lipinski definition) is 1. The zero-order valence-corrected chi connectivity index (χ0v) is 12.1. The van der Waals surface area contributed by atoms with Crippen molar-refractivity contribution in [2.45, 2.75) is 38.6 Å². The van der Waals surface area contributed by atoms with E-state index in [-0.39, 0.29) is 37.2 Å². The van der Waals surface area contributed by atoms with Gasteiger partial charge in [-0.3, -0.25) is 0 Å². The van der Waals surface area contributed by atoms with Crippen LogP contribution in [-0.2, 0) is 4.79 Å². The van der Waals surface area contributed by atoms with Gasteiger partial charge < -0.3 is 16.6 Å². The number of rotatable bonds is 6. The van der Waals surface area contributed by atoms with E-state index in [4.69, 9.17) is 0 Å². The Bertz CT molecular complexity index is 109.